The van der Waals surface area contributed by atoms with Gasteiger partial charge in [-0.3, -0.25) is 9.89 Å². The second-order valence-electron chi connectivity index (χ2n) is 6.06. The van der Waals surface area contributed by atoms with Crippen LogP contribution in [0.3, 0.4) is 0 Å². The number of aromatic hydroxyl groups is 1. The third-order valence-corrected chi connectivity index (χ3v) is 4.20. The van der Waals surface area contributed by atoms with E-state index in [-0.39, 0.29) is 11.4 Å². The first-order chi connectivity index (χ1) is 14.6. The number of rotatable bonds is 8. The quantitative estimate of drug-likeness (QED) is 0.388. The molecule has 0 atom stereocenters. The van der Waals surface area contributed by atoms with Gasteiger partial charge in [0.05, 0.1) is 32.7 Å². The van der Waals surface area contributed by atoms with Crippen molar-refractivity contribution in [3.8, 4) is 34.3 Å². The normalized spacial score (nSPS) is 10.8. The van der Waals surface area contributed by atoms with Crippen LogP contribution >= 0.6 is 0 Å². The number of carbonyl (C=O) groups excluding carboxylic acids is 1. The molecule has 3 aromatic rings. The monoisotopic (exact) mass is 410 g/mol. The summed E-state index contributed by atoms with van der Waals surface area (Å²) in [6, 6.07) is 12.0. The Labute approximate surface area is 173 Å². The molecular weight excluding hydrogens is 388 g/mol. The van der Waals surface area contributed by atoms with Crippen LogP contribution in [-0.2, 0) is 0 Å². The zero-order valence-electron chi connectivity index (χ0n) is 16.8. The molecule has 30 heavy (non-hydrogen) atoms. The van der Waals surface area contributed by atoms with Gasteiger partial charge >= 0.3 is 0 Å². The number of hydrogen-bond donors (Lipinski definition) is 3. The summed E-state index contributed by atoms with van der Waals surface area (Å²) in [7, 11) is 3.10. The molecule has 0 aliphatic carbocycles. The van der Waals surface area contributed by atoms with E-state index in [4.69, 9.17) is 14.2 Å². The molecule has 3 N–H and O–H groups in total. The molecule has 9 heteroatoms. The molecule has 0 fully saturated rings. The number of nitrogens with zero attached hydrogens (tertiary/aromatic N) is 2. The summed E-state index contributed by atoms with van der Waals surface area (Å²) in [5.41, 5.74) is 4.35. The summed E-state index contributed by atoms with van der Waals surface area (Å²) in [5.74, 6) is 0.977. The highest BCUT2D eigenvalue weighted by Crippen LogP contribution is 2.31. The minimum atomic E-state index is -0.481. The van der Waals surface area contributed by atoms with E-state index >= 15 is 0 Å². The zero-order valence-corrected chi connectivity index (χ0v) is 16.8. The molecular formula is C21H22N4O5. The minimum Gasteiger partial charge on any atom is -0.504 e. The van der Waals surface area contributed by atoms with Gasteiger partial charge in [0.15, 0.2) is 23.0 Å². The van der Waals surface area contributed by atoms with Crippen molar-refractivity contribution in [3.63, 3.8) is 0 Å². The Bertz CT molecular complexity index is 1060. The number of hydrogen-bond acceptors (Lipinski definition) is 7. The van der Waals surface area contributed by atoms with E-state index in [0.717, 1.165) is 5.56 Å². The number of hydrazone groups is 1. The average Bonchev–Trinajstić information content (AvgIpc) is 3.26. The number of nitrogens with one attached hydrogen (secondary N) is 2. The van der Waals surface area contributed by atoms with Gasteiger partial charge in [-0.05, 0) is 43.3 Å². The van der Waals surface area contributed by atoms with E-state index in [1.807, 2.05) is 13.0 Å². The lowest BCUT2D eigenvalue weighted by molar-refractivity contribution is 0.0950. The first-order valence-electron chi connectivity index (χ1n) is 9.13. The number of phenolic OH excluding ortho intramolecular Hbond substituents is 1. The van der Waals surface area contributed by atoms with Crippen molar-refractivity contribution in [2.45, 2.75) is 6.92 Å². The van der Waals surface area contributed by atoms with E-state index in [2.05, 4.69) is 20.7 Å². The van der Waals surface area contributed by atoms with Crippen LogP contribution in [0.25, 0.3) is 11.3 Å². The van der Waals surface area contributed by atoms with Crippen molar-refractivity contribution in [3.05, 3.63) is 53.7 Å². The molecule has 1 aromatic heterocycles. The van der Waals surface area contributed by atoms with Gasteiger partial charge in [-0.2, -0.15) is 10.2 Å². The molecule has 0 aliphatic heterocycles. The first kappa shape index (κ1) is 20.7. The van der Waals surface area contributed by atoms with Crippen molar-refractivity contribution >= 4 is 12.1 Å². The van der Waals surface area contributed by atoms with Gasteiger partial charge < -0.3 is 19.3 Å². The van der Waals surface area contributed by atoms with Gasteiger partial charge in [-0.1, -0.05) is 6.07 Å². The molecule has 0 saturated carbocycles. The first-order valence-corrected chi connectivity index (χ1v) is 9.13. The maximum absolute atomic E-state index is 12.3. The summed E-state index contributed by atoms with van der Waals surface area (Å²) < 4.78 is 15.8. The second kappa shape index (κ2) is 9.46. The largest absolute Gasteiger partial charge is 0.504 e. The van der Waals surface area contributed by atoms with Gasteiger partial charge in [0, 0.05) is 11.1 Å². The Morgan fingerprint density at radius 3 is 2.70 bits per heavy atom. The van der Waals surface area contributed by atoms with Crippen molar-refractivity contribution in [1.82, 2.24) is 15.6 Å². The zero-order chi connectivity index (χ0) is 21.5. The van der Waals surface area contributed by atoms with Gasteiger partial charge in [0.1, 0.15) is 5.69 Å². The Kier molecular flexibility index (Phi) is 6.53. The molecule has 156 valence electrons. The summed E-state index contributed by atoms with van der Waals surface area (Å²) in [4.78, 5) is 12.3. The van der Waals surface area contributed by atoms with E-state index in [1.165, 1.54) is 6.21 Å². The van der Waals surface area contributed by atoms with Crippen LogP contribution < -0.4 is 19.6 Å². The number of benzene rings is 2. The molecule has 1 heterocycles. The maximum Gasteiger partial charge on any atom is 0.289 e. The topological polar surface area (TPSA) is 118 Å². The third kappa shape index (κ3) is 4.52. The lowest BCUT2D eigenvalue weighted by atomic mass is 10.1. The Morgan fingerprint density at radius 2 is 1.97 bits per heavy atom. The lowest BCUT2D eigenvalue weighted by Crippen LogP contribution is -2.18. The van der Waals surface area contributed by atoms with Crippen LogP contribution in [0.1, 0.15) is 23.0 Å². The molecule has 0 aliphatic rings. The van der Waals surface area contributed by atoms with Gasteiger partial charge in [-0.15, -0.1) is 0 Å². The number of phenols is 1. The van der Waals surface area contributed by atoms with Crippen LogP contribution in [0.4, 0.5) is 0 Å². The van der Waals surface area contributed by atoms with Crippen LogP contribution in [0, 0.1) is 0 Å². The second-order valence-corrected chi connectivity index (χ2v) is 6.06. The molecule has 0 bridgehead atoms. The summed E-state index contributed by atoms with van der Waals surface area (Å²) >= 11 is 0. The molecule has 0 radical (unpaired) electrons. The fraction of sp³-hybridized carbons (Fsp3) is 0.190. The predicted octanol–water partition coefficient (Wildman–Crippen LogP) is 2.96. The average molecular weight is 410 g/mol. The van der Waals surface area contributed by atoms with E-state index in [9.17, 15) is 9.90 Å². The standard InChI is InChI=1S/C21H22N4O5/c1-4-30-18-7-5-6-14(20(18)26)12-22-25-21(27)16-11-15(23-24-16)13-8-9-17(28-2)19(10-13)29-3/h5-12,26H,4H2,1-3H3,(H,23,24)(H,25,27)/b22-12+. The van der Waals surface area contributed by atoms with Gasteiger partial charge in [0.25, 0.3) is 5.91 Å². The third-order valence-electron chi connectivity index (χ3n) is 4.20. The minimum absolute atomic E-state index is 0.0466. The van der Waals surface area contributed by atoms with Crippen molar-refractivity contribution in [1.29, 1.82) is 0 Å². The van der Waals surface area contributed by atoms with Crippen LogP contribution in [0.2, 0.25) is 0 Å². The fourth-order valence-corrected chi connectivity index (χ4v) is 2.72. The Balaban J connectivity index is 1.70. The van der Waals surface area contributed by atoms with E-state index in [0.29, 0.717) is 35.1 Å². The number of ether oxygens (including phenoxy) is 3. The number of amides is 1. The molecule has 3 rings (SSSR count). The van der Waals surface area contributed by atoms with Gasteiger partial charge in [-0.25, -0.2) is 5.43 Å². The fourth-order valence-electron chi connectivity index (χ4n) is 2.72. The molecule has 0 unspecified atom stereocenters. The number of aromatic amines is 1. The predicted molar refractivity (Wildman–Crippen MR) is 111 cm³/mol. The van der Waals surface area contributed by atoms with E-state index in [1.54, 1.807) is 50.6 Å². The number of para-hydroxylation sites is 1. The van der Waals surface area contributed by atoms with E-state index < -0.39 is 5.91 Å². The highest BCUT2D eigenvalue weighted by atomic mass is 16.5. The highest BCUT2D eigenvalue weighted by Gasteiger charge is 2.13. The van der Waals surface area contributed by atoms with Crippen molar-refractivity contribution in [2.75, 3.05) is 20.8 Å². The molecule has 0 saturated heterocycles. The molecule has 9 nitrogen and oxygen atoms in total. The smallest absolute Gasteiger partial charge is 0.289 e. The number of aromatic nitrogens is 2. The molecule has 1 amide bonds. The Hall–Kier alpha value is -4.01. The van der Waals surface area contributed by atoms with Crippen LogP contribution in [0.5, 0.6) is 23.0 Å². The van der Waals surface area contributed by atoms with Crippen LogP contribution in [-0.4, -0.2) is 48.3 Å². The summed E-state index contributed by atoms with van der Waals surface area (Å²) in [6.07, 6.45) is 1.33. The summed E-state index contributed by atoms with van der Waals surface area (Å²) in [5, 5.41) is 20.9. The number of H-pyrrole nitrogens is 1. The van der Waals surface area contributed by atoms with Crippen molar-refractivity contribution in [2.24, 2.45) is 5.10 Å². The molecule has 0 spiro atoms. The molecule has 2 aromatic carbocycles. The summed E-state index contributed by atoms with van der Waals surface area (Å²) in [6.45, 7) is 2.24. The lowest BCUT2D eigenvalue weighted by Gasteiger charge is -2.08. The number of methoxy groups -OCH3 is 2. The number of carbonyl (C=O) groups is 1. The Morgan fingerprint density at radius 1 is 1.17 bits per heavy atom. The van der Waals surface area contributed by atoms with Crippen molar-refractivity contribution < 1.29 is 24.1 Å². The maximum atomic E-state index is 12.3. The highest BCUT2D eigenvalue weighted by molar-refractivity contribution is 5.94. The SMILES string of the molecule is CCOc1cccc(/C=N/NC(=O)c2cc(-c3ccc(OC)c(OC)c3)n[nH]2)c1O. The van der Waals surface area contributed by atoms with Gasteiger partial charge in [0.2, 0.25) is 0 Å². The van der Waals surface area contributed by atoms with Crippen LogP contribution in [0.15, 0.2) is 47.6 Å².